The zero-order valence-corrected chi connectivity index (χ0v) is 13.9. The Morgan fingerprint density at radius 2 is 2.21 bits per heavy atom. The van der Waals surface area contributed by atoms with E-state index in [1.165, 1.54) is 0 Å². The van der Waals surface area contributed by atoms with Gasteiger partial charge in [-0.25, -0.2) is 15.0 Å². The van der Waals surface area contributed by atoms with Crippen LogP contribution in [0.1, 0.15) is 15.6 Å². The van der Waals surface area contributed by atoms with Crippen LogP contribution in [0.4, 0.5) is 17.3 Å². The van der Waals surface area contributed by atoms with Gasteiger partial charge < -0.3 is 19.9 Å². The molecule has 2 N–H and O–H groups in total. The standard InChI is InChI=1S/C17H21N7.2H2/c1-12-11-24(8-4-18-12)17-10-15(20-13(2)21-17)22-14-3-6-23-7-5-19-16(23)9-14;;/h3,5-7,9-10,12,18H,4,8,11H2,1-2H3,(H,20,21,22);2*1H. The van der Waals surface area contributed by atoms with Gasteiger partial charge in [0.05, 0.1) is 0 Å². The Morgan fingerprint density at radius 3 is 3.08 bits per heavy atom. The van der Waals surface area contributed by atoms with Crippen molar-refractivity contribution in [3.05, 3.63) is 42.6 Å². The first-order valence-electron chi connectivity index (χ1n) is 8.21. The lowest BCUT2D eigenvalue weighted by Crippen LogP contribution is -2.49. The summed E-state index contributed by atoms with van der Waals surface area (Å²) in [7, 11) is 0. The maximum absolute atomic E-state index is 4.61. The van der Waals surface area contributed by atoms with Crippen LogP contribution in [-0.2, 0) is 0 Å². The van der Waals surface area contributed by atoms with Gasteiger partial charge in [0.2, 0.25) is 0 Å². The molecule has 0 spiro atoms. The van der Waals surface area contributed by atoms with Gasteiger partial charge in [0.25, 0.3) is 0 Å². The molecule has 1 unspecified atom stereocenters. The average Bonchev–Trinajstić information content (AvgIpc) is 3.02. The summed E-state index contributed by atoms with van der Waals surface area (Å²) in [4.78, 5) is 15.7. The first kappa shape index (κ1) is 14.9. The maximum atomic E-state index is 4.61. The number of nitrogens with one attached hydrogen (secondary N) is 2. The van der Waals surface area contributed by atoms with Crippen molar-refractivity contribution >= 4 is 23.0 Å². The minimum Gasteiger partial charge on any atom is -0.354 e. The number of imidazole rings is 1. The predicted octanol–water partition coefficient (Wildman–Crippen LogP) is 2.47. The van der Waals surface area contributed by atoms with Gasteiger partial charge in [-0.3, -0.25) is 0 Å². The van der Waals surface area contributed by atoms with E-state index in [2.05, 4.69) is 37.4 Å². The molecule has 128 valence electrons. The van der Waals surface area contributed by atoms with Crippen LogP contribution < -0.4 is 15.5 Å². The summed E-state index contributed by atoms with van der Waals surface area (Å²) in [6.07, 6.45) is 5.70. The molecule has 4 rings (SSSR count). The second-order valence-electron chi connectivity index (χ2n) is 6.19. The number of rotatable bonds is 3. The summed E-state index contributed by atoms with van der Waals surface area (Å²) in [5.74, 6) is 2.54. The molecule has 24 heavy (non-hydrogen) atoms. The molecule has 1 aliphatic rings. The Labute approximate surface area is 143 Å². The first-order chi connectivity index (χ1) is 11.7. The van der Waals surface area contributed by atoms with E-state index in [4.69, 9.17) is 0 Å². The number of aryl methyl sites for hydroxylation is 1. The van der Waals surface area contributed by atoms with Crippen LogP contribution in [0.5, 0.6) is 0 Å². The molecule has 7 heteroatoms. The number of hydrogen-bond acceptors (Lipinski definition) is 6. The number of fused-ring (bicyclic) bond motifs is 1. The van der Waals surface area contributed by atoms with Gasteiger partial charge in [-0.15, -0.1) is 0 Å². The van der Waals surface area contributed by atoms with Crippen LogP contribution in [0.2, 0.25) is 0 Å². The third-order valence-corrected chi connectivity index (χ3v) is 4.19. The van der Waals surface area contributed by atoms with E-state index in [-0.39, 0.29) is 2.85 Å². The summed E-state index contributed by atoms with van der Waals surface area (Å²) in [6, 6.07) is 6.50. The minimum atomic E-state index is 0. The Bertz CT molecular complexity index is 867. The van der Waals surface area contributed by atoms with Gasteiger partial charge in [0.1, 0.15) is 23.1 Å². The maximum Gasteiger partial charge on any atom is 0.138 e. The van der Waals surface area contributed by atoms with Gasteiger partial charge in [-0.1, -0.05) is 0 Å². The average molecular weight is 327 g/mol. The van der Waals surface area contributed by atoms with Crippen molar-refractivity contribution in [2.24, 2.45) is 0 Å². The van der Waals surface area contributed by atoms with E-state index in [1.54, 1.807) is 6.20 Å². The molecule has 0 bridgehead atoms. The molecule has 7 nitrogen and oxygen atoms in total. The molecule has 1 atom stereocenters. The zero-order valence-electron chi connectivity index (χ0n) is 13.9. The van der Waals surface area contributed by atoms with Crippen LogP contribution >= 0.6 is 0 Å². The summed E-state index contributed by atoms with van der Waals surface area (Å²) in [6.45, 7) is 7.01. The lowest BCUT2D eigenvalue weighted by molar-refractivity contribution is 0.482. The summed E-state index contributed by atoms with van der Waals surface area (Å²) in [5, 5.41) is 6.83. The Kier molecular flexibility index (Phi) is 3.78. The van der Waals surface area contributed by atoms with Crippen molar-refractivity contribution in [2.75, 3.05) is 29.9 Å². The molecule has 0 amide bonds. The highest BCUT2D eigenvalue weighted by Gasteiger charge is 2.18. The molecule has 4 heterocycles. The third kappa shape index (κ3) is 3.03. The molecule has 0 aliphatic carbocycles. The molecule has 0 radical (unpaired) electrons. The van der Waals surface area contributed by atoms with E-state index in [9.17, 15) is 0 Å². The van der Waals surface area contributed by atoms with E-state index in [1.807, 2.05) is 41.9 Å². The summed E-state index contributed by atoms with van der Waals surface area (Å²) in [5.41, 5.74) is 1.87. The number of aromatic nitrogens is 4. The summed E-state index contributed by atoms with van der Waals surface area (Å²) >= 11 is 0. The Morgan fingerprint density at radius 1 is 1.29 bits per heavy atom. The highest BCUT2D eigenvalue weighted by Crippen LogP contribution is 2.21. The van der Waals surface area contributed by atoms with Crippen LogP contribution in [-0.4, -0.2) is 45.0 Å². The SMILES string of the molecule is Cc1nc(Nc2ccn3ccnc3c2)cc(N2CCNC(C)C2)n1.[HH].[HH]. The zero-order chi connectivity index (χ0) is 16.5. The van der Waals surface area contributed by atoms with Gasteiger partial charge in [-0.2, -0.15) is 0 Å². The Balaban J connectivity index is 0.00000121. The van der Waals surface area contributed by atoms with E-state index >= 15 is 0 Å². The van der Waals surface area contributed by atoms with Crippen LogP contribution in [0.3, 0.4) is 0 Å². The van der Waals surface area contributed by atoms with E-state index in [0.29, 0.717) is 6.04 Å². The fraction of sp³-hybridized carbons (Fsp3) is 0.353. The van der Waals surface area contributed by atoms with Crippen molar-refractivity contribution in [3.63, 3.8) is 0 Å². The number of hydrogen-bond donors (Lipinski definition) is 2. The van der Waals surface area contributed by atoms with Crippen molar-refractivity contribution in [1.82, 2.24) is 24.7 Å². The third-order valence-electron chi connectivity index (χ3n) is 4.19. The van der Waals surface area contributed by atoms with Crippen LogP contribution in [0.25, 0.3) is 5.65 Å². The monoisotopic (exact) mass is 327 g/mol. The molecular weight excluding hydrogens is 302 g/mol. The van der Waals surface area contributed by atoms with E-state index in [0.717, 1.165) is 48.4 Å². The van der Waals surface area contributed by atoms with Gasteiger partial charge in [0, 0.05) is 64.9 Å². The smallest absolute Gasteiger partial charge is 0.138 e. The van der Waals surface area contributed by atoms with E-state index < -0.39 is 0 Å². The number of anilines is 3. The van der Waals surface area contributed by atoms with Crippen molar-refractivity contribution in [2.45, 2.75) is 19.9 Å². The van der Waals surface area contributed by atoms with Crippen molar-refractivity contribution in [3.8, 4) is 0 Å². The molecular formula is C17H25N7. The lowest BCUT2D eigenvalue weighted by Gasteiger charge is -2.33. The van der Waals surface area contributed by atoms with Gasteiger partial charge >= 0.3 is 0 Å². The molecule has 1 fully saturated rings. The fourth-order valence-electron chi connectivity index (χ4n) is 3.05. The molecule has 0 aromatic carbocycles. The van der Waals surface area contributed by atoms with Crippen LogP contribution in [0.15, 0.2) is 36.8 Å². The molecule has 1 aliphatic heterocycles. The predicted molar refractivity (Wildman–Crippen MR) is 99.1 cm³/mol. The Hall–Kier alpha value is -2.67. The molecule has 3 aromatic heterocycles. The highest BCUT2D eigenvalue weighted by atomic mass is 15.3. The van der Waals surface area contributed by atoms with Crippen LogP contribution in [0, 0.1) is 6.92 Å². The molecule has 3 aromatic rings. The second-order valence-corrected chi connectivity index (χ2v) is 6.19. The minimum absolute atomic E-state index is 0. The molecule has 1 saturated heterocycles. The highest BCUT2D eigenvalue weighted by molar-refractivity contribution is 5.63. The quantitative estimate of drug-likeness (QED) is 0.770. The second kappa shape index (κ2) is 6.09. The fourth-order valence-corrected chi connectivity index (χ4v) is 3.05. The van der Waals surface area contributed by atoms with Gasteiger partial charge in [-0.05, 0) is 19.9 Å². The number of piperazine rings is 1. The molecule has 0 saturated carbocycles. The number of pyridine rings is 1. The summed E-state index contributed by atoms with van der Waals surface area (Å²) < 4.78 is 1.98. The van der Waals surface area contributed by atoms with Crippen molar-refractivity contribution in [1.29, 1.82) is 0 Å². The first-order valence-corrected chi connectivity index (χ1v) is 8.21. The lowest BCUT2D eigenvalue weighted by atomic mass is 10.2. The normalized spacial score (nSPS) is 18.1. The van der Waals surface area contributed by atoms with Crippen molar-refractivity contribution < 1.29 is 2.85 Å². The van der Waals surface area contributed by atoms with Gasteiger partial charge in [0.15, 0.2) is 0 Å². The largest absolute Gasteiger partial charge is 0.354 e. The topological polar surface area (TPSA) is 70.4 Å². The number of nitrogens with zero attached hydrogens (tertiary/aromatic N) is 5.